The second-order valence-corrected chi connectivity index (χ2v) is 6.52. The van der Waals surface area contributed by atoms with Gasteiger partial charge in [-0.3, -0.25) is 10.0 Å². The predicted octanol–water partition coefficient (Wildman–Crippen LogP) is 2.90. The maximum Gasteiger partial charge on any atom is 0.274 e. The monoisotopic (exact) mass is 344 g/mol. The van der Waals surface area contributed by atoms with Crippen LogP contribution in [-0.2, 0) is 17.8 Å². The zero-order valence-electron chi connectivity index (χ0n) is 15.3. The Morgan fingerprint density at radius 3 is 2.80 bits per heavy atom. The normalized spacial score (nSPS) is 11.2. The van der Waals surface area contributed by atoms with E-state index in [1.165, 1.54) is 0 Å². The Balaban J connectivity index is 2.35. The zero-order valence-corrected chi connectivity index (χ0v) is 15.3. The van der Waals surface area contributed by atoms with Gasteiger partial charge < -0.3 is 9.88 Å². The van der Waals surface area contributed by atoms with Crippen LogP contribution >= 0.6 is 0 Å². The van der Waals surface area contributed by atoms with Crippen LogP contribution < -0.4 is 10.8 Å². The molecule has 1 aromatic carbocycles. The van der Waals surface area contributed by atoms with Crippen molar-refractivity contribution >= 4 is 22.5 Å². The van der Waals surface area contributed by atoms with Gasteiger partial charge in [0.05, 0.1) is 11.0 Å². The van der Waals surface area contributed by atoms with E-state index < -0.39 is 5.91 Å². The fourth-order valence-corrected chi connectivity index (χ4v) is 2.81. The van der Waals surface area contributed by atoms with Gasteiger partial charge in [0.25, 0.3) is 5.91 Å². The van der Waals surface area contributed by atoms with Gasteiger partial charge in [0.15, 0.2) is 0 Å². The molecule has 2 rings (SSSR count). The fraction of sp³-hybridized carbons (Fsp3) is 0.474. The number of carbonyl (C=O) groups is 1. The van der Waals surface area contributed by atoms with E-state index in [4.69, 9.17) is 10.2 Å². The SMILES string of the molecule is C=C(C(=O)NO)c1ccc2c(c1)nc(CCCC)n2CCNC(C)C. The van der Waals surface area contributed by atoms with Gasteiger partial charge in [-0.15, -0.1) is 0 Å². The summed E-state index contributed by atoms with van der Waals surface area (Å²) in [6.07, 6.45) is 3.14. The van der Waals surface area contributed by atoms with Crippen molar-refractivity contribution in [1.82, 2.24) is 20.3 Å². The summed E-state index contributed by atoms with van der Waals surface area (Å²) >= 11 is 0. The number of nitrogens with one attached hydrogen (secondary N) is 2. The Morgan fingerprint density at radius 2 is 2.16 bits per heavy atom. The third kappa shape index (κ3) is 4.67. The second-order valence-electron chi connectivity index (χ2n) is 6.52. The number of rotatable bonds is 9. The van der Waals surface area contributed by atoms with Crippen molar-refractivity contribution in [2.75, 3.05) is 6.54 Å². The van der Waals surface area contributed by atoms with Gasteiger partial charge in [0, 0.05) is 31.1 Å². The molecule has 25 heavy (non-hydrogen) atoms. The van der Waals surface area contributed by atoms with Gasteiger partial charge >= 0.3 is 0 Å². The first-order chi connectivity index (χ1) is 12.0. The summed E-state index contributed by atoms with van der Waals surface area (Å²) < 4.78 is 2.25. The molecule has 0 radical (unpaired) electrons. The van der Waals surface area contributed by atoms with Crippen LogP contribution in [0.1, 0.15) is 45.0 Å². The fourth-order valence-electron chi connectivity index (χ4n) is 2.81. The predicted molar refractivity (Wildman–Crippen MR) is 100 cm³/mol. The lowest BCUT2D eigenvalue weighted by molar-refractivity contribution is -0.123. The van der Waals surface area contributed by atoms with Gasteiger partial charge in [-0.25, -0.2) is 10.5 Å². The highest BCUT2D eigenvalue weighted by Crippen LogP contribution is 2.22. The van der Waals surface area contributed by atoms with Crippen LogP contribution in [0, 0.1) is 0 Å². The number of hydrogen-bond acceptors (Lipinski definition) is 4. The third-order valence-electron chi connectivity index (χ3n) is 4.19. The van der Waals surface area contributed by atoms with Crippen molar-refractivity contribution in [3.63, 3.8) is 0 Å². The molecule has 2 aromatic rings. The Bertz CT molecular complexity index is 749. The second kappa shape index (κ2) is 8.78. The van der Waals surface area contributed by atoms with Gasteiger partial charge in [0.1, 0.15) is 5.82 Å². The molecule has 0 unspecified atom stereocenters. The molecule has 0 fully saturated rings. The molecule has 0 bridgehead atoms. The van der Waals surface area contributed by atoms with E-state index in [2.05, 4.69) is 37.2 Å². The van der Waals surface area contributed by atoms with E-state index in [-0.39, 0.29) is 5.57 Å². The summed E-state index contributed by atoms with van der Waals surface area (Å²) in [5.74, 6) is 0.461. The average Bonchev–Trinajstić information content (AvgIpc) is 2.95. The summed E-state index contributed by atoms with van der Waals surface area (Å²) in [4.78, 5) is 16.3. The summed E-state index contributed by atoms with van der Waals surface area (Å²) in [5.41, 5.74) is 4.40. The lowest BCUT2D eigenvalue weighted by Gasteiger charge is -2.12. The van der Waals surface area contributed by atoms with Crippen molar-refractivity contribution in [2.24, 2.45) is 0 Å². The summed E-state index contributed by atoms with van der Waals surface area (Å²) in [5, 5.41) is 12.2. The average molecular weight is 344 g/mol. The Kier molecular flexibility index (Phi) is 6.73. The Hall–Kier alpha value is -2.18. The van der Waals surface area contributed by atoms with Crippen LogP contribution in [0.2, 0.25) is 0 Å². The number of amides is 1. The number of benzene rings is 1. The number of carbonyl (C=O) groups excluding carboxylic acids is 1. The highest BCUT2D eigenvalue weighted by molar-refractivity contribution is 6.18. The molecule has 1 amide bonds. The van der Waals surface area contributed by atoms with E-state index in [1.54, 1.807) is 5.48 Å². The summed E-state index contributed by atoms with van der Waals surface area (Å²) in [7, 11) is 0. The molecular formula is C19H28N4O2. The maximum atomic E-state index is 11.6. The van der Waals surface area contributed by atoms with Crippen molar-refractivity contribution in [3.05, 3.63) is 36.2 Å². The standard InChI is InChI=1S/C19H28N4O2/c1-5-6-7-18-21-16-12-15(14(4)19(24)22-25)8-9-17(16)23(18)11-10-20-13(2)3/h8-9,12-13,20,25H,4-7,10-11H2,1-3H3,(H,22,24). The van der Waals surface area contributed by atoms with E-state index in [1.807, 2.05) is 18.2 Å². The first kappa shape index (κ1) is 19.1. The lowest BCUT2D eigenvalue weighted by atomic mass is 10.1. The van der Waals surface area contributed by atoms with Crippen molar-refractivity contribution in [3.8, 4) is 0 Å². The zero-order chi connectivity index (χ0) is 18.4. The van der Waals surface area contributed by atoms with Gasteiger partial charge in [-0.1, -0.05) is 39.8 Å². The Labute approximate surface area is 148 Å². The minimum Gasteiger partial charge on any atom is -0.327 e. The molecule has 6 nitrogen and oxygen atoms in total. The molecule has 3 N–H and O–H groups in total. The van der Waals surface area contributed by atoms with E-state index in [0.29, 0.717) is 11.6 Å². The van der Waals surface area contributed by atoms with Gasteiger partial charge in [0.2, 0.25) is 0 Å². The van der Waals surface area contributed by atoms with E-state index in [0.717, 1.165) is 49.2 Å². The molecule has 1 aromatic heterocycles. The number of imidazole rings is 1. The molecule has 0 atom stereocenters. The van der Waals surface area contributed by atoms with Gasteiger partial charge in [-0.05, 0) is 24.1 Å². The van der Waals surface area contributed by atoms with Crippen molar-refractivity contribution < 1.29 is 10.0 Å². The van der Waals surface area contributed by atoms with E-state index >= 15 is 0 Å². The van der Waals surface area contributed by atoms with E-state index in [9.17, 15) is 4.79 Å². The summed E-state index contributed by atoms with van der Waals surface area (Å²) in [6.45, 7) is 11.9. The highest BCUT2D eigenvalue weighted by atomic mass is 16.5. The third-order valence-corrected chi connectivity index (χ3v) is 4.19. The molecule has 0 aliphatic heterocycles. The number of aromatic nitrogens is 2. The number of fused-ring (bicyclic) bond motifs is 1. The quantitative estimate of drug-likeness (QED) is 0.371. The smallest absolute Gasteiger partial charge is 0.274 e. The number of nitrogens with zero attached hydrogens (tertiary/aromatic N) is 2. The Morgan fingerprint density at radius 1 is 1.40 bits per heavy atom. The minimum absolute atomic E-state index is 0.218. The highest BCUT2D eigenvalue weighted by Gasteiger charge is 2.14. The van der Waals surface area contributed by atoms with Crippen LogP contribution in [-0.4, -0.2) is 33.3 Å². The molecule has 136 valence electrons. The number of unbranched alkanes of at least 4 members (excludes halogenated alkanes) is 1. The summed E-state index contributed by atoms with van der Waals surface area (Å²) in [6, 6.07) is 6.12. The maximum absolute atomic E-state index is 11.6. The number of aryl methyl sites for hydroxylation is 1. The van der Waals surface area contributed by atoms with Crippen LogP contribution in [0.4, 0.5) is 0 Å². The molecule has 6 heteroatoms. The molecule has 0 aliphatic carbocycles. The number of hydrogen-bond donors (Lipinski definition) is 3. The number of hydroxylamine groups is 1. The van der Waals surface area contributed by atoms with Crippen LogP contribution in [0.15, 0.2) is 24.8 Å². The van der Waals surface area contributed by atoms with Crippen LogP contribution in [0.5, 0.6) is 0 Å². The lowest BCUT2D eigenvalue weighted by Crippen LogP contribution is -2.27. The molecular weight excluding hydrogens is 316 g/mol. The molecule has 0 aliphatic rings. The molecule has 0 saturated heterocycles. The van der Waals surface area contributed by atoms with Crippen molar-refractivity contribution in [1.29, 1.82) is 0 Å². The largest absolute Gasteiger partial charge is 0.327 e. The van der Waals surface area contributed by atoms with Crippen LogP contribution in [0.25, 0.3) is 16.6 Å². The van der Waals surface area contributed by atoms with Crippen LogP contribution in [0.3, 0.4) is 0 Å². The molecule has 1 heterocycles. The first-order valence-corrected chi connectivity index (χ1v) is 8.84. The van der Waals surface area contributed by atoms with Gasteiger partial charge in [-0.2, -0.15) is 0 Å². The first-order valence-electron chi connectivity index (χ1n) is 8.84. The minimum atomic E-state index is -0.605. The molecule has 0 saturated carbocycles. The topological polar surface area (TPSA) is 79.2 Å². The van der Waals surface area contributed by atoms with Crippen molar-refractivity contribution in [2.45, 2.75) is 52.6 Å². The molecule has 0 spiro atoms.